The van der Waals surface area contributed by atoms with Crippen molar-refractivity contribution in [2.45, 2.75) is 19.3 Å². The highest BCUT2D eigenvalue weighted by Gasteiger charge is 2.27. The second-order valence-electron chi connectivity index (χ2n) is 8.82. The molecule has 0 saturated carbocycles. The number of imidazole rings is 1. The standard InChI is InChI=1S/C28H30N4O2/c1-21-12-13-32-25(20-29-27(32)18-21)23(22-8-4-3-5-9-22)19-28(33)31-16-14-30(15-17-31)24-10-6-7-11-26(24)34-2/h3-13,18,20,23H,14-17,19H2,1-2H3. The molecular formula is C28H30N4O2. The van der Waals surface area contributed by atoms with Crippen LogP contribution in [0, 0.1) is 6.92 Å². The van der Waals surface area contributed by atoms with Crippen molar-refractivity contribution in [2.24, 2.45) is 0 Å². The van der Waals surface area contributed by atoms with Gasteiger partial charge in [0.25, 0.3) is 0 Å². The second kappa shape index (κ2) is 9.59. The summed E-state index contributed by atoms with van der Waals surface area (Å²) >= 11 is 0. The van der Waals surface area contributed by atoms with Crippen molar-refractivity contribution >= 4 is 17.2 Å². The van der Waals surface area contributed by atoms with Gasteiger partial charge in [-0.25, -0.2) is 4.98 Å². The van der Waals surface area contributed by atoms with Crippen molar-refractivity contribution < 1.29 is 9.53 Å². The largest absolute Gasteiger partial charge is 0.495 e. The molecule has 2 aromatic heterocycles. The predicted molar refractivity (Wildman–Crippen MR) is 135 cm³/mol. The topological polar surface area (TPSA) is 50.1 Å². The number of carbonyl (C=O) groups is 1. The number of piperazine rings is 1. The zero-order valence-electron chi connectivity index (χ0n) is 19.7. The van der Waals surface area contributed by atoms with E-state index in [2.05, 4.69) is 57.7 Å². The van der Waals surface area contributed by atoms with Gasteiger partial charge in [-0.05, 0) is 42.3 Å². The van der Waals surface area contributed by atoms with Gasteiger partial charge in [0, 0.05) is 50.9 Å². The maximum absolute atomic E-state index is 13.5. The average molecular weight is 455 g/mol. The van der Waals surface area contributed by atoms with Crippen LogP contribution in [0.2, 0.25) is 0 Å². The van der Waals surface area contributed by atoms with E-state index in [0.717, 1.165) is 41.4 Å². The molecule has 1 saturated heterocycles. The summed E-state index contributed by atoms with van der Waals surface area (Å²) in [4.78, 5) is 22.4. The molecule has 1 fully saturated rings. The first-order valence-electron chi connectivity index (χ1n) is 11.8. The van der Waals surface area contributed by atoms with Gasteiger partial charge >= 0.3 is 0 Å². The molecule has 4 aromatic rings. The normalized spacial score (nSPS) is 14.9. The molecule has 6 nitrogen and oxygen atoms in total. The molecule has 3 heterocycles. The van der Waals surface area contributed by atoms with Crippen molar-refractivity contribution in [1.82, 2.24) is 14.3 Å². The van der Waals surface area contributed by atoms with Crippen LogP contribution in [0.15, 0.2) is 79.1 Å². The lowest BCUT2D eigenvalue weighted by Crippen LogP contribution is -2.49. The van der Waals surface area contributed by atoms with Crippen molar-refractivity contribution in [3.8, 4) is 5.75 Å². The fourth-order valence-electron chi connectivity index (χ4n) is 4.83. The van der Waals surface area contributed by atoms with Crippen LogP contribution in [0.3, 0.4) is 0 Å². The molecule has 1 unspecified atom stereocenters. The molecule has 1 atom stereocenters. The predicted octanol–water partition coefficient (Wildman–Crippen LogP) is 4.52. The summed E-state index contributed by atoms with van der Waals surface area (Å²) in [7, 11) is 1.70. The minimum atomic E-state index is -0.0568. The van der Waals surface area contributed by atoms with E-state index in [4.69, 9.17) is 4.74 Å². The number of amides is 1. The van der Waals surface area contributed by atoms with Gasteiger partial charge in [0.15, 0.2) is 0 Å². The Morgan fingerprint density at radius 1 is 1.00 bits per heavy atom. The van der Waals surface area contributed by atoms with Crippen molar-refractivity contribution in [2.75, 3.05) is 38.2 Å². The Kier molecular flexibility index (Phi) is 6.21. The van der Waals surface area contributed by atoms with E-state index < -0.39 is 0 Å². The third-order valence-electron chi connectivity index (χ3n) is 6.69. The van der Waals surface area contributed by atoms with Crippen LogP contribution in [0.4, 0.5) is 5.69 Å². The number of hydrogen-bond donors (Lipinski definition) is 0. The van der Waals surface area contributed by atoms with Crippen LogP contribution in [0.25, 0.3) is 5.65 Å². The lowest BCUT2D eigenvalue weighted by atomic mass is 9.92. The number of hydrogen-bond acceptors (Lipinski definition) is 4. The summed E-state index contributed by atoms with van der Waals surface area (Å²) in [5, 5.41) is 0. The molecule has 1 aliphatic heterocycles. The molecule has 0 radical (unpaired) electrons. The summed E-state index contributed by atoms with van der Waals surface area (Å²) in [6.45, 7) is 5.04. The zero-order chi connectivity index (χ0) is 23.5. The molecule has 6 heteroatoms. The van der Waals surface area contributed by atoms with Crippen LogP contribution in [0.1, 0.15) is 29.2 Å². The summed E-state index contributed by atoms with van der Waals surface area (Å²) in [5.41, 5.74) is 5.34. The number of carbonyl (C=O) groups excluding carboxylic acids is 1. The number of benzene rings is 2. The van der Waals surface area contributed by atoms with Crippen LogP contribution in [-0.4, -0.2) is 53.5 Å². The average Bonchev–Trinajstić information content (AvgIpc) is 3.30. The van der Waals surface area contributed by atoms with Crippen molar-refractivity contribution in [3.63, 3.8) is 0 Å². The van der Waals surface area contributed by atoms with Gasteiger partial charge in [0.2, 0.25) is 5.91 Å². The van der Waals surface area contributed by atoms with E-state index in [1.165, 1.54) is 5.56 Å². The van der Waals surface area contributed by atoms with E-state index in [9.17, 15) is 4.79 Å². The number of pyridine rings is 1. The summed E-state index contributed by atoms with van der Waals surface area (Å²) in [5.74, 6) is 0.989. The van der Waals surface area contributed by atoms with Crippen molar-refractivity contribution in [1.29, 1.82) is 0 Å². The Morgan fingerprint density at radius 3 is 2.50 bits per heavy atom. The van der Waals surface area contributed by atoms with E-state index in [1.54, 1.807) is 7.11 Å². The van der Waals surface area contributed by atoms with E-state index in [1.807, 2.05) is 47.5 Å². The summed E-state index contributed by atoms with van der Waals surface area (Å²) in [6.07, 6.45) is 4.39. The molecule has 0 aliphatic carbocycles. The quantitative estimate of drug-likeness (QED) is 0.430. The van der Waals surface area contributed by atoms with Gasteiger partial charge in [0.1, 0.15) is 11.4 Å². The number of fused-ring (bicyclic) bond motifs is 1. The van der Waals surface area contributed by atoms with Gasteiger partial charge in [-0.2, -0.15) is 0 Å². The summed E-state index contributed by atoms with van der Waals surface area (Å²) in [6, 6.07) is 22.5. The molecule has 0 spiro atoms. The Hall–Kier alpha value is -3.80. The second-order valence-corrected chi connectivity index (χ2v) is 8.82. The molecule has 0 bridgehead atoms. The lowest BCUT2D eigenvalue weighted by Gasteiger charge is -2.37. The third-order valence-corrected chi connectivity index (χ3v) is 6.69. The minimum absolute atomic E-state index is 0.0568. The minimum Gasteiger partial charge on any atom is -0.495 e. The number of aromatic nitrogens is 2. The number of ether oxygens (including phenoxy) is 1. The summed E-state index contributed by atoms with van der Waals surface area (Å²) < 4.78 is 7.64. The highest BCUT2D eigenvalue weighted by Crippen LogP contribution is 2.31. The number of rotatable bonds is 6. The first-order chi connectivity index (χ1) is 16.6. The molecule has 34 heavy (non-hydrogen) atoms. The molecule has 5 rings (SSSR count). The van der Waals surface area contributed by atoms with Crippen LogP contribution in [0.5, 0.6) is 5.75 Å². The maximum Gasteiger partial charge on any atom is 0.223 e. The number of aryl methyl sites for hydroxylation is 1. The number of para-hydroxylation sites is 2. The highest BCUT2D eigenvalue weighted by atomic mass is 16.5. The Balaban J connectivity index is 1.35. The third kappa shape index (κ3) is 4.36. The Bertz CT molecular complexity index is 1280. The monoisotopic (exact) mass is 454 g/mol. The van der Waals surface area contributed by atoms with Crippen LogP contribution < -0.4 is 9.64 Å². The molecule has 2 aromatic carbocycles. The molecule has 1 amide bonds. The molecule has 1 aliphatic rings. The fourth-order valence-corrected chi connectivity index (χ4v) is 4.83. The van der Waals surface area contributed by atoms with Gasteiger partial charge < -0.3 is 18.9 Å². The number of nitrogens with zero attached hydrogens (tertiary/aromatic N) is 4. The lowest BCUT2D eigenvalue weighted by molar-refractivity contribution is -0.131. The van der Waals surface area contributed by atoms with E-state index >= 15 is 0 Å². The Morgan fingerprint density at radius 2 is 1.74 bits per heavy atom. The first-order valence-corrected chi connectivity index (χ1v) is 11.8. The zero-order valence-corrected chi connectivity index (χ0v) is 19.7. The SMILES string of the molecule is COc1ccccc1N1CCN(C(=O)CC(c2ccccc2)c2cnc3cc(C)ccn23)CC1. The first kappa shape index (κ1) is 22.0. The van der Waals surface area contributed by atoms with Crippen LogP contribution >= 0.6 is 0 Å². The molecule has 174 valence electrons. The number of anilines is 1. The van der Waals surface area contributed by atoms with Crippen LogP contribution in [-0.2, 0) is 4.79 Å². The smallest absolute Gasteiger partial charge is 0.223 e. The van der Waals surface area contributed by atoms with E-state index in [0.29, 0.717) is 19.5 Å². The van der Waals surface area contributed by atoms with Gasteiger partial charge in [-0.1, -0.05) is 42.5 Å². The van der Waals surface area contributed by atoms with Crippen molar-refractivity contribution in [3.05, 3.63) is 95.9 Å². The van der Waals surface area contributed by atoms with Gasteiger partial charge in [0.05, 0.1) is 18.5 Å². The Labute approximate surface area is 200 Å². The highest BCUT2D eigenvalue weighted by molar-refractivity contribution is 5.78. The van der Waals surface area contributed by atoms with Gasteiger partial charge in [-0.15, -0.1) is 0 Å². The molecule has 0 N–H and O–H groups in total. The molecular weight excluding hydrogens is 424 g/mol. The fraction of sp³-hybridized carbons (Fsp3) is 0.286. The maximum atomic E-state index is 13.5. The van der Waals surface area contributed by atoms with Gasteiger partial charge in [-0.3, -0.25) is 4.79 Å². The van der Waals surface area contributed by atoms with E-state index in [-0.39, 0.29) is 11.8 Å². The number of methoxy groups -OCH3 is 1.